The second kappa shape index (κ2) is 15.7. The number of esters is 1. The van der Waals surface area contributed by atoms with Crippen LogP contribution in [0.3, 0.4) is 0 Å². The minimum absolute atomic E-state index is 0.0209. The Morgan fingerprint density at radius 3 is 2.37 bits per heavy atom. The largest absolute Gasteiger partial charge is 0.463 e. The Bertz CT molecular complexity index is 1250. The lowest BCUT2D eigenvalue weighted by atomic mass is 9.91. The van der Waals surface area contributed by atoms with Crippen molar-refractivity contribution in [1.82, 2.24) is 10.2 Å². The lowest BCUT2D eigenvalue weighted by Crippen LogP contribution is -2.53. The van der Waals surface area contributed by atoms with Crippen LogP contribution in [0.2, 0.25) is 0 Å². The molecule has 0 bridgehead atoms. The number of nitrogens with zero attached hydrogens (tertiary/aromatic N) is 1. The number of benzene rings is 2. The molecule has 0 aromatic heterocycles. The molecule has 1 aliphatic carbocycles. The average Bonchev–Trinajstić information content (AvgIpc) is 3.49. The fourth-order valence-corrected chi connectivity index (χ4v) is 6.42. The molecule has 0 spiro atoms. The highest BCUT2D eigenvalue weighted by molar-refractivity contribution is 5.86. The second-order valence-corrected chi connectivity index (χ2v) is 12.1. The van der Waals surface area contributed by atoms with Crippen molar-refractivity contribution < 1.29 is 24.2 Å². The summed E-state index contributed by atoms with van der Waals surface area (Å²) in [4.78, 5) is 42.2. The Balaban J connectivity index is 1.40. The van der Waals surface area contributed by atoms with Crippen LogP contribution in [0.1, 0.15) is 68.1 Å². The van der Waals surface area contributed by atoms with Crippen molar-refractivity contribution in [1.29, 1.82) is 0 Å². The fourth-order valence-electron chi connectivity index (χ4n) is 6.42. The van der Waals surface area contributed by atoms with E-state index in [-0.39, 0.29) is 49.4 Å². The van der Waals surface area contributed by atoms with E-state index in [1.807, 2.05) is 60.7 Å². The molecule has 2 aromatic rings. The number of carbonyl (C=O) groups is 3. The van der Waals surface area contributed by atoms with Gasteiger partial charge in [-0.15, -0.1) is 13.2 Å². The molecule has 43 heavy (non-hydrogen) atoms. The van der Waals surface area contributed by atoms with Crippen LogP contribution in [0.15, 0.2) is 79.9 Å². The van der Waals surface area contributed by atoms with Gasteiger partial charge >= 0.3 is 5.97 Å². The van der Waals surface area contributed by atoms with Gasteiger partial charge < -0.3 is 20.1 Å². The molecule has 3 atom stereocenters. The maximum atomic E-state index is 13.7. The topological polar surface area (TPSA) is 95.9 Å². The Kier molecular flexibility index (Phi) is 11.7. The van der Waals surface area contributed by atoms with E-state index in [1.165, 1.54) is 0 Å². The first-order valence-corrected chi connectivity index (χ1v) is 15.6. The summed E-state index contributed by atoms with van der Waals surface area (Å²) >= 11 is 0. The van der Waals surface area contributed by atoms with E-state index >= 15 is 0 Å². The number of ether oxygens (including phenoxy) is 1. The minimum atomic E-state index is -0.650. The van der Waals surface area contributed by atoms with Crippen LogP contribution in [0.5, 0.6) is 0 Å². The first kappa shape index (κ1) is 32.2. The van der Waals surface area contributed by atoms with Gasteiger partial charge in [0, 0.05) is 13.0 Å². The van der Waals surface area contributed by atoms with Gasteiger partial charge in [-0.1, -0.05) is 79.6 Å². The van der Waals surface area contributed by atoms with E-state index in [1.54, 1.807) is 11.0 Å². The quantitative estimate of drug-likeness (QED) is 0.218. The Morgan fingerprint density at radius 1 is 1.00 bits per heavy atom. The predicted octanol–water partition coefficient (Wildman–Crippen LogP) is 5.31. The van der Waals surface area contributed by atoms with Gasteiger partial charge in [-0.3, -0.25) is 14.4 Å². The summed E-state index contributed by atoms with van der Waals surface area (Å²) in [6, 6.07) is 17.5. The maximum Gasteiger partial charge on any atom is 0.309 e. The first-order valence-electron chi connectivity index (χ1n) is 15.6. The standard InChI is InChI=1S/C36H46N2O5/c1-3-5-16-30(21-27-14-7-6-8-15-27)35(42)43-26-36(19-11-12-20-36)37-34(41)29(13-4-2)23-33(40)38-24-31-18-10-9-17-28(31)22-32(38)25-39/h3-4,6-10,14-15,17-18,29-30,32,39H,1-2,5,11-13,16,19-26H2,(H,37,41). The highest BCUT2D eigenvalue weighted by atomic mass is 16.5. The third kappa shape index (κ3) is 8.66. The molecule has 2 N–H and O–H groups in total. The number of fused-ring (bicyclic) bond motifs is 1. The van der Waals surface area contributed by atoms with Crippen LogP contribution in [0.4, 0.5) is 0 Å². The highest BCUT2D eigenvalue weighted by Gasteiger charge is 2.40. The Hall–Kier alpha value is -3.71. The number of carbonyl (C=O) groups excluding carboxylic acids is 3. The predicted molar refractivity (Wildman–Crippen MR) is 168 cm³/mol. The normalized spacial score (nSPS) is 18.6. The van der Waals surface area contributed by atoms with Gasteiger partial charge in [0.05, 0.1) is 30.0 Å². The number of aliphatic hydroxyl groups excluding tert-OH is 1. The van der Waals surface area contributed by atoms with E-state index in [4.69, 9.17) is 4.74 Å². The summed E-state index contributed by atoms with van der Waals surface area (Å²) in [5.74, 6) is -1.54. The third-order valence-corrected chi connectivity index (χ3v) is 8.95. The zero-order valence-corrected chi connectivity index (χ0v) is 25.2. The van der Waals surface area contributed by atoms with Crippen molar-refractivity contribution in [2.75, 3.05) is 13.2 Å². The van der Waals surface area contributed by atoms with Crippen molar-refractivity contribution in [2.45, 2.75) is 82.3 Å². The van der Waals surface area contributed by atoms with Crippen LogP contribution in [0, 0.1) is 11.8 Å². The SMILES string of the molecule is C=CCCC(Cc1ccccc1)C(=O)OCC1(NC(=O)C(CC=C)CC(=O)N2Cc3ccccc3CC2CO)CCCC1. The summed E-state index contributed by atoms with van der Waals surface area (Å²) in [6.07, 6.45) is 9.68. The van der Waals surface area contributed by atoms with Gasteiger partial charge in [0.1, 0.15) is 6.61 Å². The van der Waals surface area contributed by atoms with Crippen LogP contribution in [-0.4, -0.2) is 52.6 Å². The molecule has 1 heterocycles. The number of nitrogens with one attached hydrogen (secondary N) is 1. The van der Waals surface area contributed by atoms with Crippen LogP contribution >= 0.6 is 0 Å². The molecule has 4 rings (SSSR count). The molecule has 1 fully saturated rings. The van der Waals surface area contributed by atoms with Gasteiger partial charge in [-0.2, -0.15) is 0 Å². The summed E-state index contributed by atoms with van der Waals surface area (Å²) in [7, 11) is 0. The zero-order valence-electron chi connectivity index (χ0n) is 25.2. The molecular formula is C36H46N2O5. The van der Waals surface area contributed by atoms with E-state index in [9.17, 15) is 19.5 Å². The molecule has 2 aliphatic rings. The maximum absolute atomic E-state index is 13.7. The molecule has 230 valence electrons. The summed E-state index contributed by atoms with van der Waals surface area (Å²) in [5.41, 5.74) is 2.63. The lowest BCUT2D eigenvalue weighted by Gasteiger charge is -2.37. The third-order valence-electron chi connectivity index (χ3n) is 8.95. The van der Waals surface area contributed by atoms with Gasteiger partial charge in [0.25, 0.3) is 0 Å². The molecule has 2 amide bonds. The smallest absolute Gasteiger partial charge is 0.309 e. The van der Waals surface area contributed by atoms with Gasteiger partial charge in [-0.05, 0) is 61.6 Å². The summed E-state index contributed by atoms with van der Waals surface area (Å²) in [6.45, 7) is 8.03. The molecule has 7 heteroatoms. The van der Waals surface area contributed by atoms with Gasteiger partial charge in [0.2, 0.25) is 11.8 Å². The first-order chi connectivity index (χ1) is 20.9. The summed E-state index contributed by atoms with van der Waals surface area (Å²) in [5, 5.41) is 13.3. The van der Waals surface area contributed by atoms with Crippen molar-refractivity contribution >= 4 is 17.8 Å². The average molecular weight is 587 g/mol. The van der Waals surface area contributed by atoms with E-state index in [0.717, 1.165) is 29.5 Å². The number of rotatable bonds is 15. The van der Waals surface area contributed by atoms with Crippen molar-refractivity contribution in [3.8, 4) is 0 Å². The van der Waals surface area contributed by atoms with Crippen molar-refractivity contribution in [3.63, 3.8) is 0 Å². The lowest BCUT2D eigenvalue weighted by molar-refractivity contribution is -0.152. The number of amides is 2. The van der Waals surface area contributed by atoms with Crippen molar-refractivity contribution in [2.24, 2.45) is 11.8 Å². The highest BCUT2D eigenvalue weighted by Crippen LogP contribution is 2.32. The number of hydrogen-bond acceptors (Lipinski definition) is 5. The molecule has 0 saturated heterocycles. The van der Waals surface area contributed by atoms with Crippen LogP contribution in [0.25, 0.3) is 0 Å². The number of aliphatic hydroxyl groups is 1. The molecule has 2 aromatic carbocycles. The second-order valence-electron chi connectivity index (χ2n) is 12.1. The monoisotopic (exact) mass is 586 g/mol. The number of hydrogen-bond donors (Lipinski definition) is 2. The van der Waals surface area contributed by atoms with Crippen LogP contribution < -0.4 is 5.32 Å². The fraction of sp³-hybridized carbons (Fsp3) is 0.472. The molecule has 3 unspecified atom stereocenters. The van der Waals surface area contributed by atoms with Crippen molar-refractivity contribution in [3.05, 3.63) is 96.6 Å². The van der Waals surface area contributed by atoms with Crippen LogP contribution in [-0.2, 0) is 38.5 Å². The number of allylic oxidation sites excluding steroid dienone is 2. The molecule has 7 nitrogen and oxygen atoms in total. The van der Waals surface area contributed by atoms with Gasteiger partial charge in [0.15, 0.2) is 0 Å². The Labute approximate surface area is 256 Å². The summed E-state index contributed by atoms with van der Waals surface area (Å²) < 4.78 is 5.93. The van der Waals surface area contributed by atoms with E-state index in [2.05, 4.69) is 18.5 Å². The molecule has 1 saturated carbocycles. The van der Waals surface area contributed by atoms with Gasteiger partial charge in [-0.25, -0.2) is 0 Å². The minimum Gasteiger partial charge on any atom is -0.463 e. The molecule has 0 radical (unpaired) electrons. The Morgan fingerprint density at radius 2 is 1.70 bits per heavy atom. The van der Waals surface area contributed by atoms with E-state index < -0.39 is 11.5 Å². The molecular weight excluding hydrogens is 540 g/mol. The van der Waals surface area contributed by atoms with E-state index in [0.29, 0.717) is 51.5 Å². The molecule has 1 aliphatic heterocycles. The zero-order chi connectivity index (χ0) is 30.7.